The summed E-state index contributed by atoms with van der Waals surface area (Å²) in [5, 5.41) is 13.9. The van der Waals surface area contributed by atoms with Gasteiger partial charge in [0.1, 0.15) is 5.75 Å². The van der Waals surface area contributed by atoms with Crippen LogP contribution in [0.1, 0.15) is 40.4 Å². The van der Waals surface area contributed by atoms with Crippen LogP contribution in [0.3, 0.4) is 0 Å². The van der Waals surface area contributed by atoms with Crippen molar-refractivity contribution in [1.82, 2.24) is 24.8 Å². The average Bonchev–Trinajstić information content (AvgIpc) is 3.31. The molecule has 1 saturated heterocycles. The largest absolute Gasteiger partial charge is 0.508 e. The molecule has 33 heavy (non-hydrogen) atoms. The van der Waals surface area contributed by atoms with E-state index in [1.54, 1.807) is 12.1 Å². The Bertz CT molecular complexity index is 1270. The molecule has 6 nitrogen and oxygen atoms in total. The summed E-state index contributed by atoms with van der Waals surface area (Å²) < 4.78 is 2.21. The Kier molecular flexibility index (Phi) is 5.56. The first kappa shape index (κ1) is 21.2. The van der Waals surface area contributed by atoms with Gasteiger partial charge in [0.15, 0.2) is 5.11 Å². The Balaban J connectivity index is 1.61. The molecule has 4 aromatic rings. The number of nitrogens with zero attached hydrogens (tertiary/aromatic N) is 4. The van der Waals surface area contributed by atoms with Gasteiger partial charge in [-0.05, 0) is 86.2 Å². The van der Waals surface area contributed by atoms with Gasteiger partial charge in [0, 0.05) is 29.5 Å². The maximum absolute atomic E-state index is 9.73. The topological polar surface area (TPSA) is 66.2 Å². The summed E-state index contributed by atoms with van der Waals surface area (Å²) in [5.41, 5.74) is 6.33. The van der Waals surface area contributed by atoms with Crippen molar-refractivity contribution in [3.8, 4) is 11.4 Å². The molecule has 0 bridgehead atoms. The second kappa shape index (κ2) is 8.67. The van der Waals surface area contributed by atoms with Gasteiger partial charge >= 0.3 is 0 Å². The Morgan fingerprint density at radius 1 is 0.970 bits per heavy atom. The number of nitrogens with one attached hydrogen (secondary N) is 1. The lowest BCUT2D eigenvalue weighted by molar-refractivity contribution is 0.307. The molecule has 2 atom stereocenters. The number of phenolic OH excluding ortho intramolecular Hbond substituents is 1. The highest BCUT2D eigenvalue weighted by atomic mass is 32.1. The van der Waals surface area contributed by atoms with E-state index in [1.807, 2.05) is 60.9 Å². The molecule has 0 amide bonds. The first-order valence-corrected chi connectivity index (χ1v) is 11.3. The zero-order chi connectivity index (χ0) is 22.9. The minimum absolute atomic E-state index is 0.0496. The number of benzene rings is 1. The van der Waals surface area contributed by atoms with Gasteiger partial charge in [-0.1, -0.05) is 12.1 Å². The second-order valence-electron chi connectivity index (χ2n) is 8.25. The van der Waals surface area contributed by atoms with Crippen LogP contribution < -0.4 is 5.32 Å². The monoisotopic (exact) mass is 455 g/mol. The third-order valence-corrected chi connectivity index (χ3v) is 6.51. The first-order chi connectivity index (χ1) is 16.0. The number of hydrogen-bond donors (Lipinski definition) is 2. The van der Waals surface area contributed by atoms with E-state index in [2.05, 4.69) is 44.7 Å². The fourth-order valence-electron chi connectivity index (χ4n) is 4.67. The Hall–Kier alpha value is -3.71. The van der Waals surface area contributed by atoms with Crippen molar-refractivity contribution in [1.29, 1.82) is 0 Å². The van der Waals surface area contributed by atoms with Gasteiger partial charge in [-0.25, -0.2) is 0 Å². The molecule has 1 fully saturated rings. The third kappa shape index (κ3) is 3.96. The molecule has 2 N–H and O–H groups in total. The van der Waals surface area contributed by atoms with Crippen molar-refractivity contribution in [2.75, 3.05) is 0 Å². The number of phenols is 1. The summed E-state index contributed by atoms with van der Waals surface area (Å²) in [7, 11) is 0. The molecule has 0 radical (unpaired) electrons. The van der Waals surface area contributed by atoms with Crippen LogP contribution >= 0.6 is 12.2 Å². The summed E-state index contributed by atoms with van der Waals surface area (Å²) in [6.45, 7) is 4.83. The van der Waals surface area contributed by atoms with Crippen molar-refractivity contribution in [3.63, 3.8) is 0 Å². The van der Waals surface area contributed by atoms with E-state index in [0.29, 0.717) is 11.7 Å². The SMILES string of the molecule is Cc1cc([C@H]2[C@H](c3ccccn3)NC(=S)N2Cc2ccccn2)c(C)n1-c1ccc(O)cc1. The molecule has 0 aliphatic carbocycles. The van der Waals surface area contributed by atoms with Crippen LogP contribution in [-0.2, 0) is 6.54 Å². The van der Waals surface area contributed by atoms with Gasteiger partial charge in [0.2, 0.25) is 0 Å². The van der Waals surface area contributed by atoms with Crippen molar-refractivity contribution < 1.29 is 5.11 Å². The molecule has 5 rings (SSSR count). The van der Waals surface area contributed by atoms with Crippen molar-refractivity contribution in [2.45, 2.75) is 32.5 Å². The molecule has 7 heteroatoms. The van der Waals surface area contributed by atoms with Gasteiger partial charge < -0.3 is 19.9 Å². The van der Waals surface area contributed by atoms with Crippen LogP contribution in [0.25, 0.3) is 5.69 Å². The van der Waals surface area contributed by atoms with E-state index in [-0.39, 0.29) is 17.8 Å². The lowest BCUT2D eigenvalue weighted by Gasteiger charge is -2.28. The molecule has 0 spiro atoms. The molecular weight excluding hydrogens is 430 g/mol. The quantitative estimate of drug-likeness (QED) is 0.423. The predicted octanol–water partition coefficient (Wildman–Crippen LogP) is 4.76. The number of pyridine rings is 2. The number of aryl methyl sites for hydroxylation is 1. The van der Waals surface area contributed by atoms with Crippen molar-refractivity contribution in [2.24, 2.45) is 0 Å². The Morgan fingerprint density at radius 2 is 1.70 bits per heavy atom. The van der Waals surface area contributed by atoms with Crippen molar-refractivity contribution in [3.05, 3.63) is 107 Å². The van der Waals surface area contributed by atoms with E-state index in [0.717, 1.165) is 28.5 Å². The van der Waals surface area contributed by atoms with Crippen LogP contribution in [-0.4, -0.2) is 29.7 Å². The minimum atomic E-state index is -0.0869. The van der Waals surface area contributed by atoms with E-state index in [1.165, 1.54) is 5.56 Å². The van der Waals surface area contributed by atoms with Crippen LogP contribution in [0.5, 0.6) is 5.75 Å². The van der Waals surface area contributed by atoms with Crippen LogP contribution in [0.4, 0.5) is 0 Å². The van der Waals surface area contributed by atoms with E-state index >= 15 is 0 Å². The fourth-order valence-corrected chi connectivity index (χ4v) is 4.97. The van der Waals surface area contributed by atoms with Gasteiger partial charge in [-0.3, -0.25) is 9.97 Å². The van der Waals surface area contributed by atoms with Gasteiger partial charge in [-0.15, -0.1) is 0 Å². The summed E-state index contributed by atoms with van der Waals surface area (Å²) in [6.07, 6.45) is 3.63. The highest BCUT2D eigenvalue weighted by molar-refractivity contribution is 7.80. The highest BCUT2D eigenvalue weighted by Gasteiger charge is 2.41. The smallest absolute Gasteiger partial charge is 0.170 e. The van der Waals surface area contributed by atoms with Crippen LogP contribution in [0.15, 0.2) is 79.1 Å². The molecule has 1 aliphatic rings. The van der Waals surface area contributed by atoms with Crippen molar-refractivity contribution >= 4 is 17.3 Å². The maximum Gasteiger partial charge on any atom is 0.170 e. The predicted molar refractivity (Wildman–Crippen MR) is 132 cm³/mol. The number of thiocarbonyl (C=S) groups is 1. The maximum atomic E-state index is 9.73. The number of hydrogen-bond acceptors (Lipinski definition) is 4. The molecule has 1 aromatic carbocycles. The minimum Gasteiger partial charge on any atom is -0.508 e. The lowest BCUT2D eigenvalue weighted by atomic mass is 9.96. The standard InChI is InChI=1S/C26H25N5OS/c1-17-15-22(18(2)31(17)20-9-11-21(32)12-10-20)25-24(23-8-4-6-14-28-23)29-26(33)30(25)16-19-7-3-5-13-27-19/h3-15,24-25,32H,16H2,1-2H3,(H,29,33)/t24-,25-/m0/s1. The van der Waals surface area contributed by atoms with Gasteiger partial charge in [0.25, 0.3) is 0 Å². The zero-order valence-electron chi connectivity index (χ0n) is 18.5. The van der Waals surface area contributed by atoms with E-state index in [9.17, 15) is 5.11 Å². The second-order valence-corrected chi connectivity index (χ2v) is 8.64. The van der Waals surface area contributed by atoms with Gasteiger partial charge in [-0.2, -0.15) is 0 Å². The Labute approximate surface area is 198 Å². The molecule has 4 heterocycles. The van der Waals surface area contributed by atoms with Crippen LogP contribution in [0.2, 0.25) is 0 Å². The lowest BCUT2D eigenvalue weighted by Crippen LogP contribution is -2.29. The zero-order valence-corrected chi connectivity index (χ0v) is 19.3. The van der Waals surface area contributed by atoms with Gasteiger partial charge in [0.05, 0.1) is 30.0 Å². The summed E-state index contributed by atoms with van der Waals surface area (Å²) in [4.78, 5) is 11.4. The average molecular weight is 456 g/mol. The molecular formula is C26H25N5OS. The summed E-state index contributed by atoms with van der Waals surface area (Å²) >= 11 is 5.81. The normalized spacial score (nSPS) is 17.9. The summed E-state index contributed by atoms with van der Waals surface area (Å²) in [6, 6.07) is 21.3. The molecule has 3 aromatic heterocycles. The number of aromatic hydroxyl groups is 1. The molecule has 0 saturated carbocycles. The molecule has 1 aliphatic heterocycles. The number of aromatic nitrogens is 3. The highest BCUT2D eigenvalue weighted by Crippen LogP contribution is 2.42. The molecule has 166 valence electrons. The van der Waals surface area contributed by atoms with Crippen LogP contribution in [0, 0.1) is 13.8 Å². The number of rotatable bonds is 5. The third-order valence-electron chi connectivity index (χ3n) is 6.15. The van der Waals surface area contributed by atoms with E-state index in [4.69, 9.17) is 12.2 Å². The Morgan fingerprint density at radius 3 is 2.36 bits per heavy atom. The molecule has 0 unspecified atom stereocenters. The fraction of sp³-hybridized carbons (Fsp3) is 0.192. The van der Waals surface area contributed by atoms with E-state index < -0.39 is 0 Å². The summed E-state index contributed by atoms with van der Waals surface area (Å²) in [5.74, 6) is 0.253. The first-order valence-electron chi connectivity index (χ1n) is 10.9.